The Labute approximate surface area is 208 Å². The van der Waals surface area contributed by atoms with E-state index in [1.165, 1.54) is 18.2 Å². The summed E-state index contributed by atoms with van der Waals surface area (Å²) in [5.74, 6) is 4.80. The van der Waals surface area contributed by atoms with Crippen LogP contribution in [0.1, 0.15) is 53.0 Å². The first-order chi connectivity index (χ1) is 16.7. The predicted octanol–water partition coefficient (Wildman–Crippen LogP) is 5.81. The van der Waals surface area contributed by atoms with E-state index in [2.05, 4.69) is 28.2 Å². The van der Waals surface area contributed by atoms with Gasteiger partial charge in [0.25, 0.3) is 5.60 Å². The van der Waals surface area contributed by atoms with Crippen LogP contribution in [0.4, 0.5) is 28.4 Å². The first kappa shape index (κ1) is 27.0. The lowest BCUT2D eigenvalue weighted by molar-refractivity contribution is -0.239. The maximum atomic E-state index is 14.2. The van der Waals surface area contributed by atoms with Gasteiger partial charge in [-0.05, 0) is 77.2 Å². The molecule has 0 spiro atoms. The van der Waals surface area contributed by atoms with Gasteiger partial charge in [-0.25, -0.2) is 9.59 Å². The Bertz CT molecular complexity index is 1160. The van der Waals surface area contributed by atoms with Crippen LogP contribution in [0.3, 0.4) is 0 Å². The second-order valence-corrected chi connectivity index (χ2v) is 9.77. The van der Waals surface area contributed by atoms with Crippen molar-refractivity contribution in [1.29, 1.82) is 0 Å². The summed E-state index contributed by atoms with van der Waals surface area (Å²) in [6.45, 7) is 9.01. The number of ether oxygens (including phenoxy) is 3. The van der Waals surface area contributed by atoms with Crippen molar-refractivity contribution in [1.82, 2.24) is 5.32 Å². The van der Waals surface area contributed by atoms with Gasteiger partial charge in [-0.1, -0.05) is 5.92 Å². The molecule has 1 atom stereocenters. The average Bonchev–Trinajstić information content (AvgIpc) is 3.57. The highest BCUT2D eigenvalue weighted by molar-refractivity contribution is 5.90. The maximum absolute atomic E-state index is 14.2. The number of amides is 2. The van der Waals surface area contributed by atoms with Crippen molar-refractivity contribution in [3.05, 3.63) is 40.6 Å². The fourth-order valence-electron chi connectivity index (χ4n) is 3.30. The first-order valence-corrected chi connectivity index (χ1v) is 11.4. The summed E-state index contributed by atoms with van der Waals surface area (Å²) in [5, 5.41) is 4.92. The largest absolute Gasteiger partial charge is 0.489 e. The van der Waals surface area contributed by atoms with Crippen molar-refractivity contribution in [2.45, 2.75) is 64.8 Å². The molecular formula is C26H29F3N2O5. The fourth-order valence-corrected chi connectivity index (χ4v) is 3.30. The first-order valence-electron chi connectivity index (χ1n) is 11.4. The summed E-state index contributed by atoms with van der Waals surface area (Å²) in [4.78, 5) is 23.7. The lowest BCUT2D eigenvalue weighted by Crippen LogP contribution is -2.49. The van der Waals surface area contributed by atoms with Crippen LogP contribution >= 0.6 is 0 Å². The van der Waals surface area contributed by atoms with E-state index in [4.69, 9.17) is 14.2 Å². The van der Waals surface area contributed by atoms with Crippen LogP contribution < -0.4 is 15.4 Å². The molecule has 1 aliphatic heterocycles. The Morgan fingerprint density at radius 2 is 1.92 bits per heavy atom. The number of anilines is 1. The van der Waals surface area contributed by atoms with E-state index >= 15 is 0 Å². The van der Waals surface area contributed by atoms with Crippen molar-refractivity contribution in [3.63, 3.8) is 0 Å². The highest BCUT2D eigenvalue weighted by atomic mass is 19.4. The van der Waals surface area contributed by atoms with Gasteiger partial charge in [-0.2, -0.15) is 13.2 Å². The summed E-state index contributed by atoms with van der Waals surface area (Å²) in [6.07, 6.45) is -5.31. The van der Waals surface area contributed by atoms with Crippen molar-refractivity contribution in [3.8, 4) is 17.6 Å². The highest BCUT2D eigenvalue weighted by Crippen LogP contribution is 2.48. The van der Waals surface area contributed by atoms with E-state index in [0.717, 1.165) is 12.8 Å². The number of carbonyl (C=O) groups is 2. The maximum Gasteiger partial charge on any atom is 0.445 e. The minimum Gasteiger partial charge on any atom is -0.489 e. The van der Waals surface area contributed by atoms with Crippen LogP contribution in [0.5, 0.6) is 5.75 Å². The van der Waals surface area contributed by atoms with Gasteiger partial charge in [0.1, 0.15) is 18.0 Å². The topological polar surface area (TPSA) is 85.9 Å². The highest BCUT2D eigenvalue weighted by Gasteiger charge is 2.62. The van der Waals surface area contributed by atoms with E-state index in [1.54, 1.807) is 34.6 Å². The number of carbonyl (C=O) groups excluding carboxylic acids is 2. The third-order valence-electron chi connectivity index (χ3n) is 5.06. The quantitative estimate of drug-likeness (QED) is 0.389. The van der Waals surface area contributed by atoms with Crippen LogP contribution in [0.15, 0.2) is 35.1 Å². The van der Waals surface area contributed by atoms with Crippen LogP contribution in [-0.2, 0) is 15.1 Å². The van der Waals surface area contributed by atoms with Gasteiger partial charge in [-0.3, -0.25) is 5.32 Å². The van der Waals surface area contributed by atoms with E-state index in [0.29, 0.717) is 11.1 Å². The molecule has 2 amide bonds. The number of hydrogen-bond acceptors (Lipinski definition) is 5. The van der Waals surface area contributed by atoms with E-state index < -0.39 is 29.6 Å². The molecule has 1 unspecified atom stereocenters. The number of rotatable bonds is 5. The van der Waals surface area contributed by atoms with E-state index in [9.17, 15) is 22.8 Å². The van der Waals surface area contributed by atoms with E-state index in [-0.39, 0.29) is 36.1 Å². The molecule has 1 fully saturated rings. The van der Waals surface area contributed by atoms with Crippen molar-refractivity contribution < 1.29 is 37.0 Å². The normalized spacial score (nSPS) is 18.8. The summed E-state index contributed by atoms with van der Waals surface area (Å²) in [5.41, 5.74) is 0.346. The third-order valence-corrected chi connectivity index (χ3v) is 5.06. The van der Waals surface area contributed by atoms with Gasteiger partial charge in [0.15, 0.2) is 0 Å². The van der Waals surface area contributed by atoms with Crippen molar-refractivity contribution >= 4 is 17.9 Å². The number of cyclic esters (lactones) is 1. The molecule has 0 saturated heterocycles. The Hall–Kier alpha value is -3.57. The molecule has 194 valence electrons. The third kappa shape index (κ3) is 6.98. The smallest absolute Gasteiger partial charge is 0.445 e. The standard InChI is InChI=1S/C26H29F3N2O5/c1-16(14-30-22(32)35-24(3,4)5)12-17(2)15-34-19-8-9-21-20(13-19)25(26(27,28)29,36-23(33)31-21)11-10-18-6-7-18/h8-9,13,18H,6-7,14-15H2,1-5H3,(H,30,32)(H,31,33). The van der Waals surface area contributed by atoms with Gasteiger partial charge >= 0.3 is 18.4 Å². The summed E-state index contributed by atoms with van der Waals surface area (Å²) >= 11 is 0. The summed E-state index contributed by atoms with van der Waals surface area (Å²) in [6, 6.07) is 3.96. The number of halogens is 3. The Morgan fingerprint density at radius 1 is 1.22 bits per heavy atom. The molecule has 1 aromatic carbocycles. The van der Waals surface area contributed by atoms with Gasteiger partial charge in [0, 0.05) is 23.6 Å². The molecule has 36 heavy (non-hydrogen) atoms. The number of benzene rings is 1. The Morgan fingerprint density at radius 3 is 2.53 bits per heavy atom. The zero-order chi connectivity index (χ0) is 26.7. The summed E-state index contributed by atoms with van der Waals surface area (Å²) < 4.78 is 58.3. The molecule has 0 aromatic heterocycles. The van der Waals surface area contributed by atoms with Gasteiger partial charge in [0.2, 0.25) is 0 Å². The molecule has 0 radical (unpaired) electrons. The van der Waals surface area contributed by atoms with Crippen molar-refractivity contribution in [2.75, 3.05) is 18.5 Å². The van der Waals surface area contributed by atoms with Gasteiger partial charge in [-0.15, -0.1) is 5.73 Å². The molecule has 1 aliphatic carbocycles. The van der Waals surface area contributed by atoms with Crippen LogP contribution in [0.25, 0.3) is 0 Å². The van der Waals surface area contributed by atoms with E-state index in [1.807, 2.05) is 0 Å². The number of nitrogens with one attached hydrogen (secondary N) is 2. The SMILES string of the molecule is CC(=C=C(C)COc1ccc2c(c1)C(C#CC1CC1)(C(F)(F)F)OC(=O)N2)CNC(=O)OC(C)(C)C. The van der Waals surface area contributed by atoms with Crippen molar-refractivity contribution in [2.24, 2.45) is 5.92 Å². The molecule has 0 bridgehead atoms. The monoisotopic (exact) mass is 506 g/mol. The zero-order valence-electron chi connectivity index (χ0n) is 20.8. The number of alkyl carbamates (subject to hydrolysis) is 1. The Kier molecular flexibility index (Phi) is 7.65. The lowest BCUT2D eigenvalue weighted by Gasteiger charge is -2.35. The molecule has 1 saturated carbocycles. The Balaban J connectivity index is 1.77. The summed E-state index contributed by atoms with van der Waals surface area (Å²) in [7, 11) is 0. The average molecular weight is 507 g/mol. The lowest BCUT2D eigenvalue weighted by atomic mass is 9.90. The molecule has 10 heteroatoms. The van der Waals surface area contributed by atoms with Crippen LogP contribution in [0.2, 0.25) is 0 Å². The molecule has 2 aliphatic rings. The van der Waals surface area contributed by atoms with Gasteiger partial charge in [0.05, 0.1) is 5.69 Å². The zero-order valence-corrected chi connectivity index (χ0v) is 20.8. The minimum absolute atomic E-state index is 0.0303. The molecule has 1 aromatic rings. The molecule has 3 rings (SSSR count). The van der Waals surface area contributed by atoms with Crippen LogP contribution in [0, 0.1) is 17.8 Å². The molecule has 1 heterocycles. The molecule has 7 nitrogen and oxygen atoms in total. The van der Waals surface area contributed by atoms with Gasteiger partial charge < -0.3 is 19.5 Å². The molecular weight excluding hydrogens is 477 g/mol. The predicted molar refractivity (Wildman–Crippen MR) is 126 cm³/mol. The fraction of sp³-hybridized carbons (Fsp3) is 0.500. The second kappa shape index (κ2) is 10.2. The molecule has 2 N–H and O–H groups in total. The van der Waals surface area contributed by atoms with Crippen LogP contribution in [-0.4, -0.2) is 37.1 Å². The number of alkyl halides is 3. The number of hydrogen-bond donors (Lipinski definition) is 2. The minimum atomic E-state index is -4.96. The second-order valence-electron chi connectivity index (χ2n) is 9.77. The number of fused-ring (bicyclic) bond motifs is 1.